The Hall–Kier alpha value is -2.88. The Bertz CT molecular complexity index is 1180. The molecule has 3 fully saturated rings. The number of anilines is 1. The number of carbonyl (C=O) groups excluding carboxylic acids is 1. The molecule has 0 bridgehead atoms. The van der Waals surface area contributed by atoms with E-state index in [0.29, 0.717) is 22.5 Å². The maximum absolute atomic E-state index is 12.6. The molecule has 3 aromatic rings. The van der Waals surface area contributed by atoms with E-state index in [1.165, 1.54) is 6.33 Å². The molecule has 5 atom stereocenters. The second-order valence-electron chi connectivity index (χ2n) is 9.00. The summed E-state index contributed by atoms with van der Waals surface area (Å²) in [7, 11) is 0. The summed E-state index contributed by atoms with van der Waals surface area (Å²) < 4.78 is 14.5. The van der Waals surface area contributed by atoms with Crippen LogP contribution in [0.15, 0.2) is 43.0 Å². The van der Waals surface area contributed by atoms with Crippen LogP contribution in [0.3, 0.4) is 0 Å². The van der Waals surface area contributed by atoms with Crippen LogP contribution in [0.4, 0.5) is 5.82 Å². The van der Waals surface area contributed by atoms with E-state index in [4.69, 9.17) is 9.47 Å². The van der Waals surface area contributed by atoms with Gasteiger partial charge in [-0.15, -0.1) is 0 Å². The van der Waals surface area contributed by atoms with Crippen LogP contribution >= 0.6 is 0 Å². The van der Waals surface area contributed by atoms with Gasteiger partial charge >= 0.3 is 0 Å². The summed E-state index contributed by atoms with van der Waals surface area (Å²) in [5, 5.41) is 12.9. The number of aliphatic hydroxyl groups is 1. The molecule has 1 aliphatic heterocycles. The molecule has 31 heavy (non-hydrogen) atoms. The topological polar surface area (TPSA) is 111 Å². The molecule has 1 aromatic carbocycles. The van der Waals surface area contributed by atoms with Crippen molar-refractivity contribution in [3.63, 3.8) is 0 Å². The Balaban J connectivity index is 1.38. The summed E-state index contributed by atoms with van der Waals surface area (Å²) >= 11 is 0. The van der Waals surface area contributed by atoms with E-state index in [9.17, 15) is 9.90 Å². The van der Waals surface area contributed by atoms with Crippen LogP contribution in [0, 0.1) is 11.8 Å². The zero-order chi connectivity index (χ0) is 21.4. The van der Waals surface area contributed by atoms with Crippen molar-refractivity contribution in [2.45, 2.75) is 43.8 Å². The van der Waals surface area contributed by atoms with Crippen molar-refractivity contribution in [1.29, 1.82) is 0 Å². The summed E-state index contributed by atoms with van der Waals surface area (Å²) in [6.07, 6.45) is 3.67. The number of nitrogens with zero attached hydrogens (tertiary/aromatic N) is 4. The average molecular weight is 421 g/mol. The summed E-state index contributed by atoms with van der Waals surface area (Å²) in [5.74, 6) is -0.373. The summed E-state index contributed by atoms with van der Waals surface area (Å²) in [4.78, 5) is 25.9. The van der Waals surface area contributed by atoms with E-state index in [0.717, 1.165) is 6.42 Å². The summed E-state index contributed by atoms with van der Waals surface area (Å²) in [6.45, 7) is 3.85. The smallest absolute Gasteiger partial charge is 0.256 e. The highest BCUT2D eigenvalue weighted by Gasteiger charge is 2.76. The first kappa shape index (κ1) is 18.9. The fourth-order valence-electron chi connectivity index (χ4n) is 5.51. The van der Waals surface area contributed by atoms with Gasteiger partial charge in [0.1, 0.15) is 12.4 Å². The predicted octanol–water partition coefficient (Wildman–Crippen LogP) is 1.94. The average Bonchev–Trinajstić information content (AvgIpc) is 3.05. The fourth-order valence-corrected chi connectivity index (χ4v) is 5.51. The molecular weight excluding hydrogens is 398 g/mol. The van der Waals surface area contributed by atoms with Crippen molar-refractivity contribution < 1.29 is 19.4 Å². The van der Waals surface area contributed by atoms with Gasteiger partial charge in [0.15, 0.2) is 22.8 Å². The lowest BCUT2D eigenvalue weighted by Gasteiger charge is -2.25. The van der Waals surface area contributed by atoms with Gasteiger partial charge in [0, 0.05) is 18.1 Å². The van der Waals surface area contributed by atoms with Gasteiger partial charge in [0.25, 0.3) is 5.91 Å². The lowest BCUT2D eigenvalue weighted by Crippen LogP contribution is -2.37. The number of rotatable bonds is 4. The highest BCUT2D eigenvalue weighted by molar-refractivity contribution is 6.06. The normalized spacial score (nSPS) is 32.6. The van der Waals surface area contributed by atoms with Crippen LogP contribution < -0.4 is 5.32 Å². The number of imidazole rings is 1. The first-order valence-electron chi connectivity index (χ1n) is 10.5. The van der Waals surface area contributed by atoms with E-state index in [1.54, 1.807) is 18.5 Å². The van der Waals surface area contributed by atoms with Gasteiger partial charge in [-0.1, -0.05) is 18.2 Å². The maximum Gasteiger partial charge on any atom is 0.256 e. The van der Waals surface area contributed by atoms with Crippen molar-refractivity contribution in [2.75, 3.05) is 11.9 Å². The van der Waals surface area contributed by atoms with Crippen molar-refractivity contribution >= 4 is 22.9 Å². The van der Waals surface area contributed by atoms with Gasteiger partial charge in [-0.25, -0.2) is 15.0 Å². The molecule has 9 nitrogen and oxygen atoms in total. The number of carbonyl (C=O) groups is 1. The van der Waals surface area contributed by atoms with E-state index < -0.39 is 5.79 Å². The SMILES string of the molecule is CC1(C)O[C@@H]2[C@@H](CO)[C@@H]3CC3(n3cnc4c(NC(=O)c5ccccc5)ncnc43)[C@@H]2O1. The minimum absolute atomic E-state index is 0.00307. The molecule has 6 rings (SSSR count). The highest BCUT2D eigenvalue weighted by atomic mass is 16.8. The molecule has 1 saturated heterocycles. The molecule has 2 aliphatic carbocycles. The minimum Gasteiger partial charge on any atom is -0.396 e. The fraction of sp³-hybridized carbons (Fsp3) is 0.455. The molecular formula is C22H23N5O4. The van der Waals surface area contributed by atoms with E-state index in [-0.39, 0.29) is 42.1 Å². The molecule has 3 aliphatic rings. The van der Waals surface area contributed by atoms with Gasteiger partial charge < -0.3 is 24.5 Å². The lowest BCUT2D eigenvalue weighted by molar-refractivity contribution is -0.162. The molecule has 0 spiro atoms. The first-order valence-corrected chi connectivity index (χ1v) is 10.5. The third-order valence-corrected chi connectivity index (χ3v) is 6.85. The Morgan fingerprint density at radius 1 is 1.23 bits per heavy atom. The van der Waals surface area contributed by atoms with Gasteiger partial charge in [0.2, 0.25) is 0 Å². The molecule has 2 saturated carbocycles. The number of aromatic nitrogens is 4. The second-order valence-corrected chi connectivity index (χ2v) is 9.00. The molecule has 1 amide bonds. The number of aliphatic hydroxyl groups excluding tert-OH is 1. The summed E-state index contributed by atoms with van der Waals surface area (Å²) in [5.41, 5.74) is 1.33. The van der Waals surface area contributed by atoms with Crippen LogP contribution in [0.2, 0.25) is 0 Å². The van der Waals surface area contributed by atoms with Crippen LogP contribution in [0.1, 0.15) is 30.6 Å². The largest absolute Gasteiger partial charge is 0.396 e. The predicted molar refractivity (Wildman–Crippen MR) is 110 cm³/mol. The standard InChI is InChI=1S/C22H23N5O4/c1-21(2)30-16-13(9-28)14-8-22(14,17(16)31-21)27-11-25-15-18(23-10-24-19(15)27)26-20(29)12-6-4-3-5-7-12/h3-7,10-11,13-14,16-17,28H,8-9H2,1-2H3,(H,23,24,26,29)/t13-,14-,16+,17+,22?/m0/s1. The Labute approximate surface area is 178 Å². The highest BCUT2D eigenvalue weighted by Crippen LogP contribution is 2.68. The van der Waals surface area contributed by atoms with Crippen LogP contribution in [0.5, 0.6) is 0 Å². The van der Waals surface area contributed by atoms with Gasteiger partial charge in [-0.3, -0.25) is 4.79 Å². The Kier molecular flexibility index (Phi) is 3.84. The number of benzene rings is 1. The third kappa shape index (κ3) is 2.60. The molecule has 160 valence electrons. The van der Waals surface area contributed by atoms with Crippen molar-refractivity contribution in [3.05, 3.63) is 48.5 Å². The molecule has 0 radical (unpaired) electrons. The zero-order valence-corrected chi connectivity index (χ0v) is 17.2. The number of fused-ring (bicyclic) bond motifs is 4. The van der Waals surface area contributed by atoms with Crippen LogP contribution in [0.25, 0.3) is 11.2 Å². The van der Waals surface area contributed by atoms with Gasteiger partial charge in [0.05, 0.1) is 18.0 Å². The third-order valence-electron chi connectivity index (χ3n) is 6.85. The van der Waals surface area contributed by atoms with Crippen molar-refractivity contribution in [2.24, 2.45) is 11.8 Å². The van der Waals surface area contributed by atoms with Crippen LogP contribution in [-0.4, -0.2) is 55.1 Å². The van der Waals surface area contributed by atoms with Gasteiger partial charge in [-0.05, 0) is 38.3 Å². The van der Waals surface area contributed by atoms with E-state index in [1.807, 2.05) is 36.6 Å². The van der Waals surface area contributed by atoms with Gasteiger partial charge in [-0.2, -0.15) is 0 Å². The van der Waals surface area contributed by atoms with E-state index in [2.05, 4.69) is 20.3 Å². The maximum atomic E-state index is 12.6. The molecule has 2 N–H and O–H groups in total. The number of amides is 1. The molecule has 9 heteroatoms. The Morgan fingerprint density at radius 3 is 2.81 bits per heavy atom. The zero-order valence-electron chi connectivity index (χ0n) is 17.2. The Morgan fingerprint density at radius 2 is 2.03 bits per heavy atom. The lowest BCUT2D eigenvalue weighted by atomic mass is 10.0. The monoisotopic (exact) mass is 421 g/mol. The first-order chi connectivity index (χ1) is 14.9. The number of hydrogen-bond donors (Lipinski definition) is 2. The van der Waals surface area contributed by atoms with Crippen molar-refractivity contribution in [3.8, 4) is 0 Å². The summed E-state index contributed by atoms with van der Waals surface area (Å²) in [6, 6.07) is 8.97. The molecule has 2 aromatic heterocycles. The number of ether oxygens (including phenoxy) is 2. The molecule has 3 heterocycles. The van der Waals surface area contributed by atoms with Crippen molar-refractivity contribution in [1.82, 2.24) is 19.5 Å². The minimum atomic E-state index is -0.705. The van der Waals surface area contributed by atoms with E-state index >= 15 is 0 Å². The number of nitrogens with one attached hydrogen (secondary N) is 1. The second kappa shape index (κ2) is 6.32. The van der Waals surface area contributed by atoms with Crippen LogP contribution in [-0.2, 0) is 15.0 Å². The quantitative estimate of drug-likeness (QED) is 0.662. The molecule has 1 unspecified atom stereocenters. The number of hydrogen-bond acceptors (Lipinski definition) is 7.